The minimum absolute atomic E-state index is 0.0140. The van der Waals surface area contributed by atoms with E-state index in [2.05, 4.69) is 28.7 Å². The van der Waals surface area contributed by atoms with Gasteiger partial charge in [-0.3, -0.25) is 14.9 Å². The average molecular weight is 436 g/mol. The molecule has 0 unspecified atom stereocenters. The van der Waals surface area contributed by atoms with Crippen molar-refractivity contribution in [2.75, 3.05) is 18.0 Å². The van der Waals surface area contributed by atoms with Gasteiger partial charge in [0.05, 0.1) is 4.92 Å². The summed E-state index contributed by atoms with van der Waals surface area (Å²) < 4.78 is 6.08. The Bertz CT molecular complexity index is 1170. The topological polar surface area (TPSA) is 122 Å². The van der Waals surface area contributed by atoms with E-state index in [-0.39, 0.29) is 5.82 Å². The lowest BCUT2D eigenvalue weighted by molar-refractivity contribution is -0.387. The van der Waals surface area contributed by atoms with E-state index < -0.39 is 22.0 Å². The number of aromatic amines is 1. The second-order valence-electron chi connectivity index (χ2n) is 6.88. The standard InChI is InChI=1S/C23H24N4O5/c1-3-26(4-2)18-12-10-17(19(14-18)32-15-16-8-6-5-7-9-16)11-13-20-24-22(28)21(27(30)31)23(29)25-20/h5-14H,3-4,15H2,1-2H3,(H2,24,25,28,29)/b13-11+. The third kappa shape index (κ3) is 5.31. The Kier molecular flexibility index (Phi) is 7.22. The molecule has 166 valence electrons. The first kappa shape index (κ1) is 22.5. The molecule has 32 heavy (non-hydrogen) atoms. The first-order valence-corrected chi connectivity index (χ1v) is 10.1. The van der Waals surface area contributed by atoms with E-state index in [0.29, 0.717) is 12.4 Å². The number of nitrogens with zero attached hydrogens (tertiary/aromatic N) is 3. The molecule has 9 nitrogen and oxygen atoms in total. The zero-order chi connectivity index (χ0) is 23.1. The Hall–Kier alpha value is -4.14. The highest BCUT2D eigenvalue weighted by Crippen LogP contribution is 2.28. The second kappa shape index (κ2) is 10.3. The molecule has 0 saturated heterocycles. The van der Waals surface area contributed by atoms with Crippen LogP contribution in [0, 0.1) is 10.1 Å². The third-order valence-corrected chi connectivity index (χ3v) is 4.86. The van der Waals surface area contributed by atoms with Crippen molar-refractivity contribution in [1.29, 1.82) is 0 Å². The fourth-order valence-corrected chi connectivity index (χ4v) is 3.19. The number of nitrogens with one attached hydrogen (secondary N) is 1. The van der Waals surface area contributed by atoms with Gasteiger partial charge in [0.2, 0.25) is 0 Å². The van der Waals surface area contributed by atoms with E-state index in [1.54, 1.807) is 6.08 Å². The molecule has 0 atom stereocenters. The van der Waals surface area contributed by atoms with Gasteiger partial charge in [-0.25, -0.2) is 0 Å². The van der Waals surface area contributed by atoms with Gasteiger partial charge in [-0.05, 0) is 43.7 Å². The van der Waals surface area contributed by atoms with Crippen molar-refractivity contribution in [3.63, 3.8) is 0 Å². The summed E-state index contributed by atoms with van der Waals surface area (Å²) in [6, 6.07) is 15.5. The van der Waals surface area contributed by atoms with Crippen molar-refractivity contribution in [3.05, 3.63) is 86.0 Å². The van der Waals surface area contributed by atoms with Crippen molar-refractivity contribution in [3.8, 4) is 11.6 Å². The number of aromatic hydroxyl groups is 1. The first-order chi connectivity index (χ1) is 15.4. The SMILES string of the molecule is CCN(CC)c1ccc(/C=C/c2nc(O)c([N+](=O)[O-])c(=O)[nH]2)c(OCc2ccccc2)c1. The minimum Gasteiger partial charge on any atom is -0.488 e. The molecular formula is C23H24N4O5. The monoisotopic (exact) mass is 436 g/mol. The van der Waals surface area contributed by atoms with Gasteiger partial charge in [-0.2, -0.15) is 4.98 Å². The minimum atomic E-state index is -1.03. The summed E-state index contributed by atoms with van der Waals surface area (Å²) in [6.07, 6.45) is 3.11. The summed E-state index contributed by atoms with van der Waals surface area (Å²) in [7, 11) is 0. The van der Waals surface area contributed by atoms with E-state index in [1.165, 1.54) is 6.08 Å². The summed E-state index contributed by atoms with van der Waals surface area (Å²) in [6.45, 7) is 6.21. The van der Waals surface area contributed by atoms with Crippen LogP contribution in [0.25, 0.3) is 12.2 Å². The molecule has 0 spiro atoms. The van der Waals surface area contributed by atoms with Gasteiger partial charge in [0.15, 0.2) is 0 Å². The number of anilines is 1. The van der Waals surface area contributed by atoms with Gasteiger partial charge in [0.25, 0.3) is 5.88 Å². The molecular weight excluding hydrogens is 412 g/mol. The number of nitro groups is 1. The zero-order valence-electron chi connectivity index (χ0n) is 17.8. The van der Waals surface area contributed by atoms with Gasteiger partial charge in [-0.15, -0.1) is 0 Å². The van der Waals surface area contributed by atoms with Crippen LogP contribution in [0.4, 0.5) is 11.4 Å². The predicted molar refractivity (Wildman–Crippen MR) is 123 cm³/mol. The highest BCUT2D eigenvalue weighted by molar-refractivity contribution is 5.72. The molecule has 9 heteroatoms. The molecule has 2 aromatic carbocycles. The van der Waals surface area contributed by atoms with Crippen molar-refractivity contribution < 1.29 is 14.8 Å². The highest BCUT2D eigenvalue weighted by Gasteiger charge is 2.21. The van der Waals surface area contributed by atoms with Gasteiger partial charge < -0.3 is 19.7 Å². The maximum absolute atomic E-state index is 11.9. The average Bonchev–Trinajstić information content (AvgIpc) is 2.77. The second-order valence-corrected chi connectivity index (χ2v) is 6.88. The number of hydrogen-bond acceptors (Lipinski definition) is 7. The van der Waals surface area contributed by atoms with E-state index in [1.807, 2.05) is 48.5 Å². The summed E-state index contributed by atoms with van der Waals surface area (Å²) in [5.41, 5.74) is 0.728. The van der Waals surface area contributed by atoms with Crippen LogP contribution in [0.15, 0.2) is 53.3 Å². The van der Waals surface area contributed by atoms with Crippen LogP contribution in [-0.4, -0.2) is 33.1 Å². The third-order valence-electron chi connectivity index (χ3n) is 4.86. The van der Waals surface area contributed by atoms with Crippen LogP contribution < -0.4 is 15.2 Å². The maximum atomic E-state index is 11.9. The molecule has 0 bridgehead atoms. The Morgan fingerprint density at radius 1 is 1.16 bits per heavy atom. The lowest BCUT2D eigenvalue weighted by atomic mass is 10.1. The van der Waals surface area contributed by atoms with Crippen molar-refractivity contribution in [2.45, 2.75) is 20.5 Å². The maximum Gasteiger partial charge on any atom is 0.395 e. The number of benzene rings is 2. The molecule has 0 aliphatic carbocycles. The number of ether oxygens (including phenoxy) is 1. The number of hydrogen-bond donors (Lipinski definition) is 2. The molecule has 0 radical (unpaired) electrons. The largest absolute Gasteiger partial charge is 0.488 e. The number of aromatic nitrogens is 2. The van der Waals surface area contributed by atoms with Crippen LogP contribution in [-0.2, 0) is 6.61 Å². The molecule has 1 aromatic heterocycles. The number of rotatable bonds is 9. The first-order valence-electron chi connectivity index (χ1n) is 10.1. The molecule has 0 aliphatic heterocycles. The van der Waals surface area contributed by atoms with Crippen LogP contribution in [0.2, 0.25) is 0 Å². The van der Waals surface area contributed by atoms with Gasteiger partial charge in [0, 0.05) is 30.4 Å². The Balaban J connectivity index is 1.93. The lowest BCUT2D eigenvalue weighted by Crippen LogP contribution is -2.21. The van der Waals surface area contributed by atoms with Crippen molar-refractivity contribution in [2.24, 2.45) is 0 Å². The van der Waals surface area contributed by atoms with Crippen LogP contribution in [0.5, 0.6) is 11.6 Å². The van der Waals surface area contributed by atoms with Crippen molar-refractivity contribution in [1.82, 2.24) is 9.97 Å². The summed E-state index contributed by atoms with van der Waals surface area (Å²) in [5.74, 6) is -0.321. The lowest BCUT2D eigenvalue weighted by Gasteiger charge is -2.22. The van der Waals surface area contributed by atoms with Gasteiger partial charge >= 0.3 is 11.2 Å². The van der Waals surface area contributed by atoms with E-state index >= 15 is 0 Å². The summed E-state index contributed by atoms with van der Waals surface area (Å²) in [4.78, 5) is 29.9. The smallest absolute Gasteiger partial charge is 0.395 e. The molecule has 1 heterocycles. The molecule has 0 saturated carbocycles. The van der Waals surface area contributed by atoms with E-state index in [0.717, 1.165) is 29.9 Å². The Morgan fingerprint density at radius 3 is 2.50 bits per heavy atom. The zero-order valence-corrected chi connectivity index (χ0v) is 17.8. The van der Waals surface area contributed by atoms with Crippen LogP contribution in [0.1, 0.15) is 30.8 Å². The Labute approximate surface area is 184 Å². The van der Waals surface area contributed by atoms with E-state index in [9.17, 15) is 20.0 Å². The summed E-state index contributed by atoms with van der Waals surface area (Å²) in [5, 5.41) is 20.6. The molecule has 3 aromatic rings. The Morgan fingerprint density at radius 2 is 1.88 bits per heavy atom. The van der Waals surface area contributed by atoms with Gasteiger partial charge in [0.1, 0.15) is 18.2 Å². The van der Waals surface area contributed by atoms with Crippen molar-refractivity contribution >= 4 is 23.5 Å². The highest BCUT2D eigenvalue weighted by atomic mass is 16.6. The fourth-order valence-electron chi connectivity index (χ4n) is 3.19. The summed E-state index contributed by atoms with van der Waals surface area (Å²) >= 11 is 0. The van der Waals surface area contributed by atoms with Gasteiger partial charge in [-0.1, -0.05) is 30.3 Å². The molecule has 0 aliphatic rings. The molecule has 3 rings (SSSR count). The molecule has 0 amide bonds. The number of H-pyrrole nitrogens is 1. The molecule has 0 fully saturated rings. The quantitative estimate of drug-likeness (QED) is 0.384. The normalized spacial score (nSPS) is 10.9. The van der Waals surface area contributed by atoms with Crippen LogP contribution in [0.3, 0.4) is 0 Å². The molecule has 2 N–H and O–H groups in total. The van der Waals surface area contributed by atoms with E-state index in [4.69, 9.17) is 4.74 Å². The fraction of sp³-hybridized carbons (Fsp3) is 0.217. The predicted octanol–water partition coefficient (Wildman–Crippen LogP) is 3.98. The van der Waals surface area contributed by atoms with Crippen LogP contribution >= 0.6 is 0 Å².